The summed E-state index contributed by atoms with van der Waals surface area (Å²) in [4.78, 5) is 12.2. The molecule has 0 aliphatic heterocycles. The number of nitrogens with one attached hydrogen (secondary N) is 1. The van der Waals surface area contributed by atoms with Gasteiger partial charge in [-0.1, -0.05) is 29.5 Å². The van der Waals surface area contributed by atoms with Crippen LogP contribution in [0.15, 0.2) is 46.0 Å². The maximum absolute atomic E-state index is 13.8. The first-order chi connectivity index (χ1) is 12.8. The van der Waals surface area contributed by atoms with Gasteiger partial charge in [-0.3, -0.25) is 9.36 Å². The van der Waals surface area contributed by atoms with Crippen LogP contribution >= 0.6 is 27.7 Å². The number of halogens is 3. The van der Waals surface area contributed by atoms with E-state index in [2.05, 4.69) is 31.4 Å². The molecule has 0 aliphatic carbocycles. The third kappa shape index (κ3) is 4.54. The predicted molar refractivity (Wildman–Crippen MR) is 104 cm³/mol. The van der Waals surface area contributed by atoms with E-state index in [9.17, 15) is 13.6 Å². The molecule has 0 saturated heterocycles. The van der Waals surface area contributed by atoms with Crippen molar-refractivity contribution in [3.63, 3.8) is 0 Å². The van der Waals surface area contributed by atoms with Gasteiger partial charge in [0, 0.05) is 16.2 Å². The molecule has 1 N–H and O–H groups in total. The summed E-state index contributed by atoms with van der Waals surface area (Å²) in [6, 6.07) is 9.64. The Labute approximate surface area is 167 Å². The highest BCUT2D eigenvalue weighted by Gasteiger charge is 2.16. The summed E-state index contributed by atoms with van der Waals surface area (Å²) < 4.78 is 29.0. The number of aryl methyl sites for hydroxylation is 2. The zero-order valence-electron chi connectivity index (χ0n) is 14.5. The van der Waals surface area contributed by atoms with Crippen LogP contribution in [0, 0.1) is 25.5 Å². The fourth-order valence-electron chi connectivity index (χ4n) is 2.39. The lowest BCUT2D eigenvalue weighted by Crippen LogP contribution is -2.16. The van der Waals surface area contributed by atoms with Gasteiger partial charge in [0.25, 0.3) is 0 Å². The number of hydrogen-bond acceptors (Lipinski definition) is 4. The molecule has 3 rings (SSSR count). The molecule has 2 aromatic carbocycles. The highest BCUT2D eigenvalue weighted by molar-refractivity contribution is 9.10. The van der Waals surface area contributed by atoms with Crippen molar-refractivity contribution in [2.45, 2.75) is 19.0 Å². The van der Waals surface area contributed by atoms with Gasteiger partial charge in [0.05, 0.1) is 11.4 Å². The van der Waals surface area contributed by atoms with E-state index in [1.54, 1.807) is 0 Å². The van der Waals surface area contributed by atoms with Crippen molar-refractivity contribution in [3.05, 3.63) is 63.9 Å². The molecule has 9 heteroatoms. The minimum Gasteiger partial charge on any atom is -0.322 e. The second kappa shape index (κ2) is 8.18. The summed E-state index contributed by atoms with van der Waals surface area (Å²) in [5, 5.41) is 11.2. The van der Waals surface area contributed by atoms with Gasteiger partial charge >= 0.3 is 0 Å². The third-order valence-electron chi connectivity index (χ3n) is 3.69. The number of thioether (sulfide) groups is 1. The van der Waals surface area contributed by atoms with Crippen LogP contribution in [0.1, 0.15) is 11.4 Å². The maximum Gasteiger partial charge on any atom is 0.234 e. The lowest BCUT2D eigenvalue weighted by molar-refractivity contribution is -0.113. The molecule has 0 aliphatic rings. The number of nitrogens with zero attached hydrogens (tertiary/aromatic N) is 3. The number of hydrogen-bond donors (Lipinski definition) is 1. The zero-order valence-corrected chi connectivity index (χ0v) is 16.9. The molecule has 0 unspecified atom stereocenters. The van der Waals surface area contributed by atoms with Crippen LogP contribution in [-0.2, 0) is 4.79 Å². The largest absolute Gasteiger partial charge is 0.322 e. The van der Waals surface area contributed by atoms with E-state index in [-0.39, 0.29) is 15.9 Å². The molecule has 5 nitrogen and oxygen atoms in total. The second-order valence-corrected chi connectivity index (χ2v) is 7.58. The van der Waals surface area contributed by atoms with Crippen LogP contribution in [0.4, 0.5) is 14.5 Å². The smallest absolute Gasteiger partial charge is 0.234 e. The molecule has 27 heavy (non-hydrogen) atoms. The van der Waals surface area contributed by atoms with Crippen LogP contribution in [0.3, 0.4) is 0 Å². The highest BCUT2D eigenvalue weighted by atomic mass is 79.9. The Hall–Kier alpha value is -2.26. The van der Waals surface area contributed by atoms with Crippen molar-refractivity contribution < 1.29 is 13.6 Å². The number of carbonyl (C=O) groups is 1. The number of amides is 1. The average Bonchev–Trinajstić information content (AvgIpc) is 2.98. The highest BCUT2D eigenvalue weighted by Crippen LogP contribution is 2.28. The van der Waals surface area contributed by atoms with Crippen molar-refractivity contribution in [1.29, 1.82) is 0 Å². The average molecular weight is 453 g/mol. The summed E-state index contributed by atoms with van der Waals surface area (Å²) in [6.07, 6.45) is 0. The lowest BCUT2D eigenvalue weighted by Gasteiger charge is -2.10. The van der Waals surface area contributed by atoms with Crippen molar-refractivity contribution in [1.82, 2.24) is 14.8 Å². The first kappa shape index (κ1) is 19.5. The zero-order chi connectivity index (χ0) is 19.6. The fourth-order valence-corrected chi connectivity index (χ4v) is 3.70. The van der Waals surface area contributed by atoms with Gasteiger partial charge in [-0.2, -0.15) is 0 Å². The van der Waals surface area contributed by atoms with E-state index in [1.165, 1.54) is 11.8 Å². The van der Waals surface area contributed by atoms with Crippen molar-refractivity contribution >= 4 is 39.3 Å². The number of carbonyl (C=O) groups excluding carboxylic acids is 1. The molecule has 140 valence electrons. The number of anilines is 1. The minimum atomic E-state index is -0.848. The molecule has 0 saturated carbocycles. The van der Waals surface area contributed by atoms with Crippen molar-refractivity contribution in [2.75, 3.05) is 11.1 Å². The van der Waals surface area contributed by atoms with E-state index in [1.807, 2.05) is 42.7 Å². The first-order valence-electron chi connectivity index (χ1n) is 7.91. The van der Waals surface area contributed by atoms with Gasteiger partial charge < -0.3 is 5.32 Å². The molecule has 1 amide bonds. The standard InChI is InChI=1S/C18H15BrF2N4OS/c1-10-3-5-13(6-4-10)25-11(2)23-24-18(25)27-9-16(26)22-17-14(19)7-12(20)8-15(17)21/h3-8H,9H2,1-2H3,(H,22,26). The molecular weight excluding hydrogens is 438 g/mol. The van der Waals surface area contributed by atoms with Gasteiger partial charge in [-0.25, -0.2) is 8.78 Å². The van der Waals surface area contributed by atoms with Crippen LogP contribution in [0.2, 0.25) is 0 Å². The second-order valence-electron chi connectivity index (χ2n) is 5.78. The predicted octanol–water partition coefficient (Wildman–Crippen LogP) is 4.66. The Balaban J connectivity index is 1.73. The van der Waals surface area contributed by atoms with Gasteiger partial charge in [-0.05, 0) is 48.0 Å². The molecule has 0 spiro atoms. The molecule has 0 radical (unpaired) electrons. The summed E-state index contributed by atoms with van der Waals surface area (Å²) in [7, 11) is 0. The van der Waals surface area contributed by atoms with E-state index in [0.717, 1.165) is 17.3 Å². The normalized spacial score (nSPS) is 10.9. The fraction of sp³-hybridized carbons (Fsp3) is 0.167. The molecular formula is C18H15BrF2N4OS. The number of rotatable bonds is 5. The molecule has 0 fully saturated rings. The van der Waals surface area contributed by atoms with E-state index < -0.39 is 17.5 Å². The SMILES string of the molecule is Cc1ccc(-n2c(C)nnc2SCC(=O)Nc2c(F)cc(F)cc2Br)cc1. The van der Waals surface area contributed by atoms with Gasteiger partial charge in [0.2, 0.25) is 5.91 Å². The lowest BCUT2D eigenvalue weighted by atomic mass is 10.2. The summed E-state index contributed by atoms with van der Waals surface area (Å²) >= 11 is 4.22. The quantitative estimate of drug-likeness (QED) is 0.572. The summed E-state index contributed by atoms with van der Waals surface area (Å²) in [5.41, 5.74) is 1.92. The Morgan fingerprint density at radius 2 is 1.89 bits per heavy atom. The minimum absolute atomic E-state index is 0.00670. The van der Waals surface area contributed by atoms with Crippen LogP contribution in [0.5, 0.6) is 0 Å². The van der Waals surface area contributed by atoms with Gasteiger partial charge in [0.1, 0.15) is 11.6 Å². The molecule has 0 atom stereocenters. The van der Waals surface area contributed by atoms with Crippen LogP contribution < -0.4 is 5.32 Å². The van der Waals surface area contributed by atoms with Crippen LogP contribution in [0.25, 0.3) is 5.69 Å². The Morgan fingerprint density at radius 1 is 1.19 bits per heavy atom. The van der Waals surface area contributed by atoms with Crippen LogP contribution in [-0.4, -0.2) is 26.4 Å². The third-order valence-corrected chi connectivity index (χ3v) is 5.25. The van der Waals surface area contributed by atoms with Gasteiger partial charge in [-0.15, -0.1) is 10.2 Å². The monoisotopic (exact) mass is 452 g/mol. The molecule has 3 aromatic rings. The van der Waals surface area contributed by atoms with E-state index >= 15 is 0 Å². The van der Waals surface area contributed by atoms with Crippen molar-refractivity contribution in [2.24, 2.45) is 0 Å². The van der Waals surface area contributed by atoms with Crippen molar-refractivity contribution in [3.8, 4) is 5.69 Å². The topological polar surface area (TPSA) is 59.8 Å². The Morgan fingerprint density at radius 3 is 2.56 bits per heavy atom. The molecule has 0 bridgehead atoms. The summed E-state index contributed by atoms with van der Waals surface area (Å²) in [5.74, 6) is -1.34. The van der Waals surface area contributed by atoms with E-state index in [4.69, 9.17) is 0 Å². The van der Waals surface area contributed by atoms with E-state index in [0.29, 0.717) is 17.0 Å². The molecule has 1 heterocycles. The van der Waals surface area contributed by atoms with Gasteiger partial charge in [0.15, 0.2) is 11.0 Å². The summed E-state index contributed by atoms with van der Waals surface area (Å²) in [6.45, 7) is 3.82. The number of aromatic nitrogens is 3. The first-order valence-corrected chi connectivity index (χ1v) is 9.69. The number of benzene rings is 2. The Bertz CT molecular complexity index is 969. The molecule has 1 aromatic heterocycles. The Kier molecular flexibility index (Phi) is 5.91. The maximum atomic E-state index is 13.8.